The maximum Gasteiger partial charge on any atom is 0.265 e. The molecule has 2 aromatic carbocycles. The van der Waals surface area contributed by atoms with Gasteiger partial charge < -0.3 is 10.1 Å². The monoisotopic (exact) mass is 355 g/mol. The lowest BCUT2D eigenvalue weighted by atomic mass is 10.3. The summed E-state index contributed by atoms with van der Waals surface area (Å²) in [6.07, 6.45) is -0.853. The van der Waals surface area contributed by atoms with Gasteiger partial charge in [-0.15, -0.1) is 0 Å². The quantitative estimate of drug-likeness (QED) is 0.895. The Hall–Kier alpha value is -1.95. The second kappa shape index (κ2) is 6.67. The molecule has 0 heterocycles. The van der Waals surface area contributed by atoms with Crippen molar-refractivity contribution in [2.45, 2.75) is 13.0 Å². The molecule has 0 aliphatic heterocycles. The van der Waals surface area contributed by atoms with Crippen molar-refractivity contribution in [3.63, 3.8) is 0 Å². The largest absolute Gasteiger partial charge is 0.481 e. The summed E-state index contributed by atoms with van der Waals surface area (Å²) in [5.74, 6) is -2.29. The van der Waals surface area contributed by atoms with Crippen LogP contribution in [0.25, 0.3) is 0 Å². The highest BCUT2D eigenvalue weighted by atomic mass is 79.9. The number of carbonyl (C=O) groups excluding carboxylic acids is 1. The number of carbonyl (C=O) groups is 1. The van der Waals surface area contributed by atoms with E-state index in [1.807, 2.05) is 6.07 Å². The summed E-state index contributed by atoms with van der Waals surface area (Å²) in [5, 5.41) is 2.67. The van der Waals surface area contributed by atoms with E-state index in [2.05, 4.69) is 21.2 Å². The first-order valence-corrected chi connectivity index (χ1v) is 6.93. The molecule has 2 rings (SSSR count). The van der Waals surface area contributed by atoms with E-state index >= 15 is 0 Å². The predicted octanol–water partition coefficient (Wildman–Crippen LogP) is 4.13. The third-order valence-corrected chi connectivity index (χ3v) is 3.16. The van der Waals surface area contributed by atoms with Crippen molar-refractivity contribution in [3.8, 4) is 5.75 Å². The molecule has 2 aromatic rings. The first-order valence-electron chi connectivity index (χ1n) is 6.14. The van der Waals surface area contributed by atoms with Gasteiger partial charge in [-0.3, -0.25) is 4.79 Å². The fourth-order valence-electron chi connectivity index (χ4n) is 1.62. The van der Waals surface area contributed by atoms with Gasteiger partial charge in [0.25, 0.3) is 5.91 Å². The SMILES string of the molecule is C[C@H](Oc1ccc(F)c(F)c1)C(=O)Nc1cccc(Br)c1. The number of nitrogens with one attached hydrogen (secondary N) is 1. The summed E-state index contributed by atoms with van der Waals surface area (Å²) in [7, 11) is 0. The van der Waals surface area contributed by atoms with Crippen molar-refractivity contribution in [2.75, 3.05) is 5.32 Å². The van der Waals surface area contributed by atoms with E-state index in [0.717, 1.165) is 16.6 Å². The number of rotatable bonds is 4. The van der Waals surface area contributed by atoms with Gasteiger partial charge in [-0.05, 0) is 37.3 Å². The minimum absolute atomic E-state index is 0.0887. The first-order chi connectivity index (χ1) is 9.95. The number of hydrogen-bond acceptors (Lipinski definition) is 2. The van der Waals surface area contributed by atoms with Crippen LogP contribution in [0.1, 0.15) is 6.92 Å². The summed E-state index contributed by atoms with van der Waals surface area (Å²) in [4.78, 5) is 12.0. The highest BCUT2D eigenvalue weighted by molar-refractivity contribution is 9.10. The molecule has 0 aliphatic carbocycles. The lowest BCUT2D eigenvalue weighted by Gasteiger charge is -2.15. The van der Waals surface area contributed by atoms with Gasteiger partial charge in [0, 0.05) is 16.2 Å². The van der Waals surface area contributed by atoms with Gasteiger partial charge >= 0.3 is 0 Å². The number of hydrogen-bond donors (Lipinski definition) is 1. The minimum Gasteiger partial charge on any atom is -0.481 e. The van der Waals surface area contributed by atoms with Crippen molar-refractivity contribution < 1.29 is 18.3 Å². The zero-order valence-corrected chi connectivity index (χ0v) is 12.7. The average Bonchev–Trinajstić information content (AvgIpc) is 2.43. The maximum absolute atomic E-state index is 13.1. The van der Waals surface area contributed by atoms with Crippen LogP contribution in [0.5, 0.6) is 5.75 Å². The van der Waals surface area contributed by atoms with Crippen molar-refractivity contribution in [1.29, 1.82) is 0 Å². The number of benzene rings is 2. The van der Waals surface area contributed by atoms with Crippen LogP contribution in [-0.4, -0.2) is 12.0 Å². The van der Waals surface area contributed by atoms with Gasteiger partial charge in [0.1, 0.15) is 5.75 Å². The summed E-state index contributed by atoms with van der Waals surface area (Å²) in [6, 6.07) is 10.2. The fraction of sp³-hybridized carbons (Fsp3) is 0.133. The topological polar surface area (TPSA) is 38.3 Å². The molecule has 21 heavy (non-hydrogen) atoms. The Morgan fingerprint density at radius 2 is 1.95 bits per heavy atom. The molecular formula is C15H12BrF2NO2. The summed E-state index contributed by atoms with van der Waals surface area (Å²) >= 11 is 3.30. The molecular weight excluding hydrogens is 344 g/mol. The van der Waals surface area contributed by atoms with Crippen LogP contribution in [-0.2, 0) is 4.79 Å². The molecule has 0 spiro atoms. The molecule has 110 valence electrons. The highest BCUT2D eigenvalue weighted by Crippen LogP contribution is 2.18. The summed E-state index contributed by atoms with van der Waals surface area (Å²) in [5.41, 5.74) is 0.607. The lowest BCUT2D eigenvalue weighted by molar-refractivity contribution is -0.122. The van der Waals surface area contributed by atoms with Crippen LogP contribution < -0.4 is 10.1 Å². The molecule has 1 amide bonds. The van der Waals surface area contributed by atoms with Gasteiger partial charge in [0.05, 0.1) is 0 Å². The van der Waals surface area contributed by atoms with Gasteiger partial charge in [-0.1, -0.05) is 22.0 Å². The normalized spacial score (nSPS) is 11.8. The van der Waals surface area contributed by atoms with Crippen LogP contribution >= 0.6 is 15.9 Å². The smallest absolute Gasteiger partial charge is 0.265 e. The Kier molecular flexibility index (Phi) is 4.90. The van der Waals surface area contributed by atoms with Crippen molar-refractivity contribution in [2.24, 2.45) is 0 Å². The van der Waals surface area contributed by atoms with Crippen molar-refractivity contribution >= 4 is 27.5 Å². The van der Waals surface area contributed by atoms with Crippen LogP contribution in [0, 0.1) is 11.6 Å². The molecule has 0 saturated heterocycles. The summed E-state index contributed by atoms with van der Waals surface area (Å²) < 4.78 is 32.0. The number of halogens is 3. The van der Waals surface area contributed by atoms with E-state index in [1.165, 1.54) is 13.0 Å². The van der Waals surface area contributed by atoms with E-state index in [1.54, 1.807) is 18.2 Å². The number of ether oxygens (including phenoxy) is 1. The zero-order valence-electron chi connectivity index (χ0n) is 11.1. The third-order valence-electron chi connectivity index (χ3n) is 2.67. The Bertz CT molecular complexity index is 664. The second-order valence-corrected chi connectivity index (χ2v) is 5.25. The van der Waals surface area contributed by atoms with Crippen LogP contribution in [0.15, 0.2) is 46.9 Å². The van der Waals surface area contributed by atoms with Crippen LogP contribution in [0.2, 0.25) is 0 Å². The molecule has 3 nitrogen and oxygen atoms in total. The van der Waals surface area contributed by atoms with E-state index in [9.17, 15) is 13.6 Å². The fourth-order valence-corrected chi connectivity index (χ4v) is 2.02. The molecule has 6 heteroatoms. The Morgan fingerprint density at radius 3 is 2.62 bits per heavy atom. The predicted molar refractivity (Wildman–Crippen MR) is 79.2 cm³/mol. The van der Waals surface area contributed by atoms with Crippen LogP contribution in [0.4, 0.5) is 14.5 Å². The Labute approximate surface area is 129 Å². The van der Waals surface area contributed by atoms with Crippen molar-refractivity contribution in [1.82, 2.24) is 0 Å². The Balaban J connectivity index is 2.00. The molecule has 0 unspecified atom stereocenters. The van der Waals surface area contributed by atoms with E-state index in [0.29, 0.717) is 5.69 Å². The standard InChI is InChI=1S/C15H12BrF2NO2/c1-9(21-12-5-6-13(17)14(18)8-12)15(20)19-11-4-2-3-10(16)7-11/h2-9H,1H3,(H,19,20)/t9-/m0/s1. The third kappa shape index (κ3) is 4.26. The van der Waals surface area contributed by atoms with Crippen LogP contribution in [0.3, 0.4) is 0 Å². The number of anilines is 1. The minimum atomic E-state index is -1.02. The second-order valence-electron chi connectivity index (χ2n) is 4.34. The molecule has 0 aliphatic rings. The van der Waals surface area contributed by atoms with E-state index in [-0.39, 0.29) is 5.75 Å². The molecule has 0 bridgehead atoms. The highest BCUT2D eigenvalue weighted by Gasteiger charge is 2.16. The molecule has 1 N–H and O–H groups in total. The molecule has 0 fully saturated rings. The molecule has 0 radical (unpaired) electrons. The average molecular weight is 356 g/mol. The van der Waals surface area contributed by atoms with E-state index < -0.39 is 23.6 Å². The van der Waals surface area contributed by atoms with Gasteiger partial charge in [0.15, 0.2) is 17.7 Å². The molecule has 0 saturated carbocycles. The van der Waals surface area contributed by atoms with Gasteiger partial charge in [0.2, 0.25) is 0 Å². The maximum atomic E-state index is 13.1. The lowest BCUT2D eigenvalue weighted by Crippen LogP contribution is -2.30. The summed E-state index contributed by atoms with van der Waals surface area (Å²) in [6.45, 7) is 1.52. The van der Waals surface area contributed by atoms with E-state index in [4.69, 9.17) is 4.74 Å². The zero-order chi connectivity index (χ0) is 15.4. The van der Waals surface area contributed by atoms with Crippen molar-refractivity contribution in [3.05, 3.63) is 58.6 Å². The molecule has 0 aromatic heterocycles. The van der Waals surface area contributed by atoms with Gasteiger partial charge in [-0.2, -0.15) is 0 Å². The van der Waals surface area contributed by atoms with Gasteiger partial charge in [-0.25, -0.2) is 8.78 Å². The number of amides is 1. The molecule has 1 atom stereocenters. The first kappa shape index (κ1) is 15.4. The Morgan fingerprint density at radius 1 is 1.19 bits per heavy atom.